The van der Waals surface area contributed by atoms with Crippen molar-refractivity contribution in [1.29, 1.82) is 0 Å². The molecule has 2 nitrogen and oxygen atoms in total. The standard InChI is InChI=1S/C5H9O2/c1-4(6)5(2)7-3/h5H,1H2,2-3H3/q+1. The third-order valence-electron chi connectivity index (χ3n) is 0.807. The average Bonchev–Trinajstić information content (AvgIpc) is 1.65. The molecule has 0 bridgehead atoms. The van der Waals surface area contributed by atoms with E-state index in [0.29, 0.717) is 0 Å². The van der Waals surface area contributed by atoms with Crippen LogP contribution in [0.15, 0.2) is 0 Å². The zero-order chi connectivity index (χ0) is 5.86. The molecule has 40 valence electrons. The van der Waals surface area contributed by atoms with E-state index in [2.05, 4.69) is 11.7 Å². The predicted octanol–water partition coefficient (Wildman–Crippen LogP) is 0.424. The van der Waals surface area contributed by atoms with Crippen molar-refractivity contribution < 1.29 is 9.53 Å². The second kappa shape index (κ2) is 2.64. The molecular weight excluding hydrogens is 92.1 g/mol. The Kier molecular flexibility index (Phi) is 2.45. The Balaban J connectivity index is 3.34. The predicted molar refractivity (Wildman–Crippen MR) is 26.8 cm³/mol. The van der Waals surface area contributed by atoms with Gasteiger partial charge in [-0.2, -0.15) is 0 Å². The second-order valence-corrected chi connectivity index (χ2v) is 1.34. The first-order chi connectivity index (χ1) is 3.18. The first-order valence-electron chi connectivity index (χ1n) is 2.07. The fraction of sp³-hybridized carbons (Fsp3) is 0.600. The lowest BCUT2D eigenvalue weighted by atomic mass is 10.3. The normalized spacial score (nSPS) is 13.4. The molecule has 0 aliphatic carbocycles. The van der Waals surface area contributed by atoms with Crippen molar-refractivity contribution in [1.82, 2.24) is 0 Å². The van der Waals surface area contributed by atoms with Crippen LogP contribution in [0.2, 0.25) is 0 Å². The van der Waals surface area contributed by atoms with Gasteiger partial charge in [0, 0.05) is 7.11 Å². The molecule has 0 aromatic heterocycles. The number of Topliss-reactive ketones (excluding diaryl/α,β-unsaturated/α-hetero) is 1. The summed E-state index contributed by atoms with van der Waals surface area (Å²) in [5.74, 6) is -0.178. The summed E-state index contributed by atoms with van der Waals surface area (Å²) in [7, 11) is 1.48. The number of carbonyl (C=O) groups is 1. The first kappa shape index (κ1) is 6.50. The van der Waals surface area contributed by atoms with E-state index >= 15 is 0 Å². The molecular formula is C5H9O2+. The van der Waals surface area contributed by atoms with E-state index in [1.807, 2.05) is 0 Å². The van der Waals surface area contributed by atoms with Crippen molar-refractivity contribution in [3.8, 4) is 0 Å². The molecule has 0 saturated carbocycles. The van der Waals surface area contributed by atoms with Gasteiger partial charge in [0.05, 0.1) is 0 Å². The maximum Gasteiger partial charge on any atom is 0.331 e. The van der Waals surface area contributed by atoms with Gasteiger partial charge in [-0.05, 0) is 6.92 Å². The fourth-order valence-electron chi connectivity index (χ4n) is 0.131. The van der Waals surface area contributed by atoms with Crippen LogP contribution >= 0.6 is 0 Å². The van der Waals surface area contributed by atoms with Crippen LogP contribution in [0.5, 0.6) is 0 Å². The van der Waals surface area contributed by atoms with Gasteiger partial charge >= 0.3 is 5.78 Å². The zero-order valence-electron chi connectivity index (χ0n) is 4.60. The minimum atomic E-state index is -0.347. The summed E-state index contributed by atoms with van der Waals surface area (Å²) in [4.78, 5) is 10.1. The fourth-order valence-corrected chi connectivity index (χ4v) is 0.131. The number of hydrogen-bond acceptors (Lipinski definition) is 2. The minimum Gasteiger partial charge on any atom is -0.369 e. The van der Waals surface area contributed by atoms with Crippen LogP contribution in [0, 0.1) is 6.92 Å². The van der Waals surface area contributed by atoms with Crippen LogP contribution in [0.4, 0.5) is 0 Å². The number of carbonyl (C=O) groups excluding carboxylic acids is 1. The van der Waals surface area contributed by atoms with Crippen molar-refractivity contribution in [2.45, 2.75) is 13.0 Å². The van der Waals surface area contributed by atoms with Gasteiger partial charge in [0.25, 0.3) is 0 Å². The number of ketones is 1. The Labute approximate surface area is 43.5 Å². The van der Waals surface area contributed by atoms with Gasteiger partial charge in [-0.15, -0.1) is 0 Å². The summed E-state index contributed by atoms with van der Waals surface area (Å²) in [5.41, 5.74) is 0. The van der Waals surface area contributed by atoms with E-state index in [1.165, 1.54) is 7.11 Å². The van der Waals surface area contributed by atoms with Crippen molar-refractivity contribution in [3.05, 3.63) is 6.92 Å². The smallest absolute Gasteiger partial charge is 0.331 e. The largest absolute Gasteiger partial charge is 0.369 e. The monoisotopic (exact) mass is 101 g/mol. The number of hydrogen-bond donors (Lipinski definition) is 0. The third kappa shape index (κ3) is 2.23. The highest BCUT2D eigenvalue weighted by Crippen LogP contribution is 1.85. The summed E-state index contributed by atoms with van der Waals surface area (Å²) in [5, 5.41) is 0. The van der Waals surface area contributed by atoms with Gasteiger partial charge in [0.1, 0.15) is 6.92 Å². The van der Waals surface area contributed by atoms with E-state index in [0.717, 1.165) is 0 Å². The van der Waals surface area contributed by atoms with E-state index in [9.17, 15) is 4.79 Å². The molecule has 0 aliphatic heterocycles. The minimum absolute atomic E-state index is 0.178. The summed E-state index contributed by atoms with van der Waals surface area (Å²) in [6.45, 7) is 4.81. The van der Waals surface area contributed by atoms with Crippen LogP contribution in [-0.2, 0) is 9.53 Å². The molecule has 1 unspecified atom stereocenters. The van der Waals surface area contributed by atoms with Gasteiger partial charge in [0.2, 0.25) is 0 Å². The molecule has 0 radical (unpaired) electrons. The van der Waals surface area contributed by atoms with E-state index < -0.39 is 0 Å². The van der Waals surface area contributed by atoms with Gasteiger partial charge in [-0.3, -0.25) is 0 Å². The zero-order valence-corrected chi connectivity index (χ0v) is 4.60. The highest BCUT2D eigenvalue weighted by atomic mass is 16.5. The Morgan fingerprint density at radius 3 is 2.29 bits per heavy atom. The van der Waals surface area contributed by atoms with Gasteiger partial charge < -0.3 is 4.74 Å². The molecule has 0 rings (SSSR count). The molecule has 7 heavy (non-hydrogen) atoms. The van der Waals surface area contributed by atoms with E-state index in [1.54, 1.807) is 6.92 Å². The Morgan fingerprint density at radius 2 is 2.29 bits per heavy atom. The van der Waals surface area contributed by atoms with Crippen molar-refractivity contribution in [3.63, 3.8) is 0 Å². The lowest BCUT2D eigenvalue weighted by molar-refractivity contribution is -0.123. The van der Waals surface area contributed by atoms with Crippen LogP contribution in [0.3, 0.4) is 0 Å². The van der Waals surface area contributed by atoms with Crippen LogP contribution in [0.1, 0.15) is 6.92 Å². The SMILES string of the molecule is [CH2+]C(=O)C(C)OC. The molecule has 2 heteroatoms. The first-order valence-corrected chi connectivity index (χ1v) is 2.07. The molecule has 0 aromatic rings. The van der Waals surface area contributed by atoms with Gasteiger partial charge in [-0.25, -0.2) is 4.79 Å². The molecule has 0 heterocycles. The molecule has 0 amide bonds. The van der Waals surface area contributed by atoms with Crippen LogP contribution in [0.25, 0.3) is 0 Å². The summed E-state index contributed by atoms with van der Waals surface area (Å²) in [6.07, 6.45) is -0.347. The van der Waals surface area contributed by atoms with Crippen molar-refractivity contribution in [2.75, 3.05) is 7.11 Å². The third-order valence-corrected chi connectivity index (χ3v) is 0.807. The van der Waals surface area contributed by atoms with Gasteiger partial charge in [0.15, 0.2) is 6.10 Å². The lowest BCUT2D eigenvalue weighted by Crippen LogP contribution is -2.14. The summed E-state index contributed by atoms with van der Waals surface area (Å²) >= 11 is 0. The molecule has 0 aliphatic rings. The Morgan fingerprint density at radius 1 is 1.86 bits per heavy atom. The summed E-state index contributed by atoms with van der Waals surface area (Å²) in [6, 6.07) is 0. The quantitative estimate of drug-likeness (QED) is 0.471. The topological polar surface area (TPSA) is 26.3 Å². The number of methoxy groups -OCH3 is 1. The van der Waals surface area contributed by atoms with Gasteiger partial charge in [-0.1, -0.05) is 0 Å². The Bertz CT molecular complexity index is 68.5. The lowest BCUT2D eigenvalue weighted by Gasteiger charge is -1.95. The molecule has 0 saturated heterocycles. The molecule has 1 atom stereocenters. The molecule has 0 N–H and O–H groups in total. The average molecular weight is 101 g/mol. The maximum atomic E-state index is 10.1. The highest BCUT2D eigenvalue weighted by molar-refractivity contribution is 5.86. The van der Waals surface area contributed by atoms with Crippen LogP contribution in [-0.4, -0.2) is 19.0 Å². The van der Waals surface area contributed by atoms with Crippen LogP contribution < -0.4 is 0 Å². The molecule has 0 spiro atoms. The number of rotatable bonds is 2. The highest BCUT2D eigenvalue weighted by Gasteiger charge is 2.10. The molecule has 0 aromatic carbocycles. The Hall–Kier alpha value is -0.500. The molecule has 0 fully saturated rings. The van der Waals surface area contributed by atoms with Crippen molar-refractivity contribution >= 4 is 5.78 Å². The van der Waals surface area contributed by atoms with E-state index in [4.69, 9.17) is 0 Å². The number of ether oxygens (including phenoxy) is 1. The van der Waals surface area contributed by atoms with E-state index in [-0.39, 0.29) is 11.9 Å². The van der Waals surface area contributed by atoms with Crippen molar-refractivity contribution in [2.24, 2.45) is 0 Å². The summed E-state index contributed by atoms with van der Waals surface area (Å²) < 4.78 is 4.60. The second-order valence-electron chi connectivity index (χ2n) is 1.34. The maximum absolute atomic E-state index is 10.1.